The Bertz CT molecular complexity index is 676. The molecule has 0 saturated carbocycles. The Kier molecular flexibility index (Phi) is 4.32. The van der Waals surface area contributed by atoms with E-state index in [1.165, 1.54) is 0 Å². The summed E-state index contributed by atoms with van der Waals surface area (Å²) in [6.45, 7) is 5.64. The van der Waals surface area contributed by atoms with Crippen LogP contribution >= 0.6 is 11.3 Å². The lowest BCUT2D eigenvalue weighted by Gasteiger charge is -1.98. The molecule has 0 bridgehead atoms. The molecule has 112 valence electrons. The minimum absolute atomic E-state index is 0.0606. The van der Waals surface area contributed by atoms with Gasteiger partial charge < -0.3 is 10.4 Å². The van der Waals surface area contributed by atoms with E-state index >= 15 is 0 Å². The Hall–Kier alpha value is -2.29. The predicted molar refractivity (Wildman–Crippen MR) is 75.5 cm³/mol. The fraction of sp³-hybridized carbons (Fsp3) is 0.417. The molecule has 2 rings (SSSR count). The fourth-order valence-electron chi connectivity index (χ4n) is 1.60. The molecule has 0 spiro atoms. The highest BCUT2D eigenvalue weighted by molar-refractivity contribution is 7.13. The minimum Gasteiger partial charge on any atom is -0.477 e. The van der Waals surface area contributed by atoms with Crippen molar-refractivity contribution in [2.45, 2.75) is 33.2 Å². The van der Waals surface area contributed by atoms with Crippen LogP contribution in [0.25, 0.3) is 0 Å². The molecule has 3 N–H and O–H groups in total. The molecule has 0 aliphatic rings. The number of aromatic amines is 1. The maximum atomic E-state index is 11.9. The van der Waals surface area contributed by atoms with Crippen LogP contribution in [0.2, 0.25) is 0 Å². The van der Waals surface area contributed by atoms with Crippen LogP contribution in [0.4, 0.5) is 0 Å². The van der Waals surface area contributed by atoms with E-state index in [1.807, 2.05) is 13.8 Å². The van der Waals surface area contributed by atoms with Crippen LogP contribution in [0, 0.1) is 6.92 Å². The Labute approximate surface area is 124 Å². The van der Waals surface area contributed by atoms with E-state index in [0.717, 1.165) is 11.3 Å². The second-order valence-electron chi connectivity index (χ2n) is 4.71. The summed E-state index contributed by atoms with van der Waals surface area (Å²) in [5, 5.41) is 18.6. The zero-order valence-electron chi connectivity index (χ0n) is 11.8. The molecular formula is C12H15N5O3S. The molecule has 0 saturated heterocycles. The Morgan fingerprint density at radius 3 is 2.62 bits per heavy atom. The van der Waals surface area contributed by atoms with Gasteiger partial charge in [0.1, 0.15) is 15.7 Å². The molecule has 2 heterocycles. The van der Waals surface area contributed by atoms with Crippen molar-refractivity contribution >= 4 is 23.2 Å². The number of carbonyl (C=O) groups excluding carboxylic acids is 1. The van der Waals surface area contributed by atoms with Crippen LogP contribution < -0.4 is 5.32 Å². The summed E-state index contributed by atoms with van der Waals surface area (Å²) >= 11 is 1.04. The third-order valence-electron chi connectivity index (χ3n) is 2.69. The Morgan fingerprint density at radius 1 is 1.38 bits per heavy atom. The number of carboxylic acid groups (broad SMARTS) is 1. The van der Waals surface area contributed by atoms with Crippen LogP contribution in [0.5, 0.6) is 0 Å². The number of hydrogen-bond donors (Lipinski definition) is 3. The highest BCUT2D eigenvalue weighted by atomic mass is 32.1. The van der Waals surface area contributed by atoms with Gasteiger partial charge in [-0.05, 0) is 6.92 Å². The van der Waals surface area contributed by atoms with Gasteiger partial charge >= 0.3 is 5.97 Å². The highest BCUT2D eigenvalue weighted by Gasteiger charge is 2.17. The summed E-state index contributed by atoms with van der Waals surface area (Å²) < 4.78 is 0. The van der Waals surface area contributed by atoms with Crippen LogP contribution in [0.3, 0.4) is 0 Å². The molecule has 0 aliphatic carbocycles. The van der Waals surface area contributed by atoms with E-state index in [2.05, 4.69) is 25.5 Å². The molecule has 0 atom stereocenters. The van der Waals surface area contributed by atoms with Crippen LogP contribution in [-0.4, -0.2) is 37.1 Å². The van der Waals surface area contributed by atoms with Crippen molar-refractivity contribution in [1.29, 1.82) is 0 Å². The van der Waals surface area contributed by atoms with E-state index in [9.17, 15) is 9.59 Å². The van der Waals surface area contributed by atoms with E-state index in [-0.39, 0.29) is 23.2 Å². The van der Waals surface area contributed by atoms with Crippen molar-refractivity contribution in [1.82, 2.24) is 25.5 Å². The van der Waals surface area contributed by atoms with Gasteiger partial charge in [-0.15, -0.1) is 16.4 Å². The lowest BCUT2D eigenvalue weighted by Crippen LogP contribution is -2.24. The standard InChI is InChI=1S/C12H15N5O3S/c1-5(2)9-15-10(17-16-9)11(18)13-4-7-14-6(3)8(21-7)12(19)20/h5H,4H2,1-3H3,(H,13,18)(H,19,20)(H,15,16,17). The van der Waals surface area contributed by atoms with Crippen molar-refractivity contribution in [2.24, 2.45) is 0 Å². The Morgan fingerprint density at radius 2 is 2.10 bits per heavy atom. The van der Waals surface area contributed by atoms with Gasteiger partial charge in [-0.3, -0.25) is 9.89 Å². The number of aromatic nitrogens is 4. The van der Waals surface area contributed by atoms with Crippen LogP contribution in [-0.2, 0) is 6.54 Å². The van der Waals surface area contributed by atoms with Gasteiger partial charge in [-0.1, -0.05) is 13.8 Å². The summed E-state index contributed by atoms with van der Waals surface area (Å²) in [5.41, 5.74) is 0.441. The number of carbonyl (C=O) groups is 2. The molecule has 0 unspecified atom stereocenters. The SMILES string of the molecule is Cc1nc(CNC(=O)c2n[nH]c(C(C)C)n2)sc1C(=O)O. The molecule has 2 aromatic rings. The first-order valence-corrected chi connectivity index (χ1v) is 7.10. The van der Waals surface area contributed by atoms with Gasteiger partial charge in [-0.2, -0.15) is 0 Å². The third kappa shape index (κ3) is 3.43. The largest absolute Gasteiger partial charge is 0.477 e. The van der Waals surface area contributed by atoms with Gasteiger partial charge in [0.15, 0.2) is 0 Å². The molecule has 1 amide bonds. The number of aryl methyl sites for hydroxylation is 1. The van der Waals surface area contributed by atoms with Crippen molar-refractivity contribution < 1.29 is 14.7 Å². The molecule has 21 heavy (non-hydrogen) atoms. The molecule has 0 aliphatic heterocycles. The normalized spacial score (nSPS) is 10.9. The average Bonchev–Trinajstić information content (AvgIpc) is 3.02. The summed E-state index contributed by atoms with van der Waals surface area (Å²) in [6.07, 6.45) is 0. The quantitative estimate of drug-likeness (QED) is 0.766. The summed E-state index contributed by atoms with van der Waals surface area (Å²) in [6, 6.07) is 0. The molecule has 9 heteroatoms. The first-order chi connectivity index (χ1) is 9.88. The van der Waals surface area contributed by atoms with Crippen molar-refractivity contribution in [3.8, 4) is 0 Å². The number of carboxylic acids is 1. The van der Waals surface area contributed by atoms with E-state index in [1.54, 1.807) is 6.92 Å². The first-order valence-electron chi connectivity index (χ1n) is 6.28. The van der Waals surface area contributed by atoms with Crippen molar-refractivity contribution in [2.75, 3.05) is 0 Å². The van der Waals surface area contributed by atoms with Gasteiger partial charge in [0.2, 0.25) is 5.82 Å². The number of hydrogen-bond acceptors (Lipinski definition) is 6. The van der Waals surface area contributed by atoms with E-state index in [0.29, 0.717) is 16.5 Å². The molecule has 0 aromatic carbocycles. The zero-order valence-corrected chi connectivity index (χ0v) is 12.6. The second-order valence-corrected chi connectivity index (χ2v) is 5.79. The minimum atomic E-state index is -1.02. The van der Waals surface area contributed by atoms with Gasteiger partial charge in [0.05, 0.1) is 12.2 Å². The topological polar surface area (TPSA) is 121 Å². The lowest BCUT2D eigenvalue weighted by molar-refractivity contribution is 0.0701. The second kappa shape index (κ2) is 6.00. The van der Waals surface area contributed by atoms with Gasteiger partial charge in [0.25, 0.3) is 5.91 Å². The monoisotopic (exact) mass is 309 g/mol. The predicted octanol–water partition coefficient (Wildman–Crippen LogP) is 1.32. The summed E-state index contributed by atoms with van der Waals surface area (Å²) in [4.78, 5) is 31.2. The number of amides is 1. The molecular weight excluding hydrogens is 294 g/mol. The average molecular weight is 309 g/mol. The fourth-order valence-corrected chi connectivity index (χ4v) is 2.44. The van der Waals surface area contributed by atoms with Crippen molar-refractivity contribution in [3.63, 3.8) is 0 Å². The lowest BCUT2D eigenvalue weighted by atomic mass is 10.2. The maximum absolute atomic E-state index is 11.9. The zero-order chi connectivity index (χ0) is 15.6. The molecule has 0 fully saturated rings. The number of rotatable bonds is 5. The van der Waals surface area contributed by atoms with Crippen LogP contribution in [0.1, 0.15) is 56.6 Å². The van der Waals surface area contributed by atoms with Gasteiger partial charge in [0, 0.05) is 5.92 Å². The summed E-state index contributed by atoms with van der Waals surface area (Å²) in [7, 11) is 0. The molecule has 2 aromatic heterocycles. The highest BCUT2D eigenvalue weighted by Crippen LogP contribution is 2.17. The number of nitrogens with zero attached hydrogens (tertiary/aromatic N) is 3. The van der Waals surface area contributed by atoms with E-state index in [4.69, 9.17) is 5.11 Å². The Balaban J connectivity index is 2.00. The van der Waals surface area contributed by atoms with E-state index < -0.39 is 11.9 Å². The molecule has 0 radical (unpaired) electrons. The van der Waals surface area contributed by atoms with Crippen molar-refractivity contribution in [3.05, 3.63) is 27.2 Å². The molecule has 8 nitrogen and oxygen atoms in total. The number of aromatic carboxylic acids is 1. The van der Waals surface area contributed by atoms with Gasteiger partial charge in [-0.25, -0.2) is 14.8 Å². The first kappa shape index (κ1) is 15.1. The smallest absolute Gasteiger partial charge is 0.347 e. The number of thiazole rings is 1. The summed E-state index contributed by atoms with van der Waals surface area (Å²) in [5.74, 6) is -0.594. The number of nitrogens with one attached hydrogen (secondary N) is 2. The number of H-pyrrole nitrogens is 1. The maximum Gasteiger partial charge on any atom is 0.347 e. The van der Waals surface area contributed by atoms with Crippen LogP contribution in [0.15, 0.2) is 0 Å². The third-order valence-corrected chi connectivity index (χ3v) is 3.83.